The van der Waals surface area contributed by atoms with Gasteiger partial charge in [-0.3, -0.25) is 4.79 Å². The van der Waals surface area contributed by atoms with E-state index in [2.05, 4.69) is 20.6 Å². The van der Waals surface area contributed by atoms with Gasteiger partial charge in [0, 0.05) is 26.6 Å². The van der Waals surface area contributed by atoms with Crippen molar-refractivity contribution in [3.05, 3.63) is 90.2 Å². The highest BCUT2D eigenvalue weighted by Crippen LogP contribution is 2.35. The Kier molecular flexibility index (Phi) is 6.50. The summed E-state index contributed by atoms with van der Waals surface area (Å²) in [5, 5.41) is 7.59. The third kappa shape index (κ3) is 5.23. The topological polar surface area (TPSA) is 66.9 Å². The monoisotopic (exact) mass is 446 g/mol. The summed E-state index contributed by atoms with van der Waals surface area (Å²) >= 11 is 8.14. The second-order valence-electron chi connectivity index (χ2n) is 6.63. The van der Waals surface area contributed by atoms with E-state index in [4.69, 9.17) is 11.6 Å². The normalized spacial score (nSPS) is 11.0. The zero-order chi connectivity index (χ0) is 21.6. The van der Waals surface area contributed by atoms with Crippen molar-refractivity contribution in [1.82, 2.24) is 9.97 Å². The highest BCUT2D eigenvalue weighted by Gasteiger charge is 2.09. The molecule has 0 saturated heterocycles. The smallest absolute Gasteiger partial charge is 0.248 e. The Morgan fingerprint density at radius 3 is 2.58 bits per heavy atom. The lowest BCUT2D eigenvalue weighted by atomic mass is 10.2. The Hall–Kier alpha value is -3.35. The van der Waals surface area contributed by atoms with Crippen LogP contribution in [0.1, 0.15) is 6.92 Å². The van der Waals surface area contributed by atoms with Crippen molar-refractivity contribution in [1.29, 1.82) is 0 Å². The zero-order valence-corrected chi connectivity index (χ0v) is 18.2. The number of allylic oxidation sites excluding steroid dienone is 1. The van der Waals surface area contributed by atoms with Gasteiger partial charge in [-0.2, -0.15) is 0 Å². The van der Waals surface area contributed by atoms with Gasteiger partial charge in [0.1, 0.15) is 12.1 Å². The van der Waals surface area contributed by atoms with Crippen LogP contribution in [0.3, 0.4) is 0 Å². The lowest BCUT2D eigenvalue weighted by Crippen LogP contribution is -2.07. The fourth-order valence-corrected chi connectivity index (χ4v) is 4.12. The standard InChI is InChI=1S/C24H19ClN4OS/c1-2-6-23(30)28-16-9-11-21-19(13-16)24(27-15-26-21)29-17-10-12-22(20(25)14-17)31-18-7-4-3-5-8-18/h2-15H,1H3,(H,28,30)(H,26,27,29). The number of benzene rings is 3. The van der Waals surface area contributed by atoms with Gasteiger partial charge in [0.15, 0.2) is 0 Å². The van der Waals surface area contributed by atoms with Gasteiger partial charge >= 0.3 is 0 Å². The van der Waals surface area contributed by atoms with Crippen molar-refractivity contribution in [3.8, 4) is 0 Å². The lowest BCUT2D eigenvalue weighted by Gasteiger charge is -2.11. The van der Waals surface area contributed by atoms with Crippen molar-refractivity contribution < 1.29 is 4.79 Å². The number of hydrogen-bond acceptors (Lipinski definition) is 5. The third-order valence-corrected chi connectivity index (χ3v) is 5.90. The maximum atomic E-state index is 11.9. The number of carbonyl (C=O) groups excluding carboxylic acids is 1. The molecule has 0 unspecified atom stereocenters. The van der Waals surface area contributed by atoms with E-state index in [0.717, 1.165) is 26.4 Å². The van der Waals surface area contributed by atoms with Crippen molar-refractivity contribution >= 4 is 57.4 Å². The first kappa shape index (κ1) is 20.9. The molecule has 5 nitrogen and oxygen atoms in total. The number of fused-ring (bicyclic) bond motifs is 1. The number of nitrogens with zero attached hydrogens (tertiary/aromatic N) is 2. The van der Waals surface area contributed by atoms with Crippen LogP contribution in [0, 0.1) is 0 Å². The number of amides is 1. The molecule has 3 aromatic carbocycles. The van der Waals surface area contributed by atoms with E-state index in [1.807, 2.05) is 66.7 Å². The largest absolute Gasteiger partial charge is 0.340 e. The zero-order valence-electron chi connectivity index (χ0n) is 16.7. The van der Waals surface area contributed by atoms with Crippen LogP contribution in [0.5, 0.6) is 0 Å². The molecule has 0 bridgehead atoms. The molecule has 1 aromatic heterocycles. The van der Waals surface area contributed by atoms with E-state index in [-0.39, 0.29) is 5.91 Å². The maximum Gasteiger partial charge on any atom is 0.248 e. The van der Waals surface area contributed by atoms with Gasteiger partial charge in [-0.25, -0.2) is 9.97 Å². The van der Waals surface area contributed by atoms with E-state index in [1.165, 1.54) is 12.4 Å². The molecule has 0 aliphatic carbocycles. The summed E-state index contributed by atoms with van der Waals surface area (Å²) in [4.78, 5) is 22.7. The fourth-order valence-electron chi connectivity index (χ4n) is 2.98. The van der Waals surface area contributed by atoms with Crippen LogP contribution in [0.2, 0.25) is 5.02 Å². The third-order valence-electron chi connectivity index (χ3n) is 4.39. The highest BCUT2D eigenvalue weighted by molar-refractivity contribution is 7.99. The molecule has 0 spiro atoms. The first-order valence-corrected chi connectivity index (χ1v) is 10.8. The minimum atomic E-state index is -0.188. The molecule has 0 saturated carbocycles. The lowest BCUT2D eigenvalue weighted by molar-refractivity contribution is -0.111. The van der Waals surface area contributed by atoms with Crippen LogP contribution in [-0.4, -0.2) is 15.9 Å². The Bertz CT molecular complexity index is 1260. The van der Waals surface area contributed by atoms with Crippen LogP contribution < -0.4 is 10.6 Å². The summed E-state index contributed by atoms with van der Waals surface area (Å²) < 4.78 is 0. The van der Waals surface area contributed by atoms with E-state index in [9.17, 15) is 4.79 Å². The number of aromatic nitrogens is 2. The molecule has 0 aliphatic heterocycles. The molecule has 0 radical (unpaired) electrons. The second-order valence-corrected chi connectivity index (χ2v) is 8.15. The van der Waals surface area contributed by atoms with Crippen molar-refractivity contribution in [3.63, 3.8) is 0 Å². The molecular formula is C24H19ClN4OS. The molecule has 1 amide bonds. The minimum absolute atomic E-state index is 0.188. The molecule has 31 heavy (non-hydrogen) atoms. The second kappa shape index (κ2) is 9.64. The first-order chi connectivity index (χ1) is 15.1. The average molecular weight is 447 g/mol. The summed E-state index contributed by atoms with van der Waals surface area (Å²) in [6.45, 7) is 1.80. The van der Waals surface area contributed by atoms with Crippen molar-refractivity contribution in [2.75, 3.05) is 10.6 Å². The summed E-state index contributed by atoms with van der Waals surface area (Å²) in [7, 11) is 0. The van der Waals surface area contributed by atoms with Gasteiger partial charge in [0.2, 0.25) is 5.91 Å². The number of anilines is 3. The molecule has 0 fully saturated rings. The Morgan fingerprint density at radius 1 is 1.00 bits per heavy atom. The van der Waals surface area contributed by atoms with Crippen molar-refractivity contribution in [2.45, 2.75) is 16.7 Å². The molecule has 1 heterocycles. The Labute approximate surface area is 189 Å². The number of carbonyl (C=O) groups is 1. The van der Waals surface area contributed by atoms with E-state index < -0.39 is 0 Å². The number of nitrogens with one attached hydrogen (secondary N) is 2. The number of rotatable bonds is 6. The summed E-state index contributed by atoms with van der Waals surface area (Å²) in [5.41, 5.74) is 2.25. The first-order valence-electron chi connectivity index (χ1n) is 9.60. The van der Waals surface area contributed by atoms with Gasteiger partial charge in [-0.1, -0.05) is 47.6 Å². The van der Waals surface area contributed by atoms with Crippen LogP contribution in [-0.2, 0) is 4.79 Å². The molecule has 0 aliphatic rings. The maximum absolute atomic E-state index is 11.9. The van der Waals surface area contributed by atoms with Crippen LogP contribution >= 0.6 is 23.4 Å². The van der Waals surface area contributed by atoms with Gasteiger partial charge in [0.05, 0.1) is 10.5 Å². The molecule has 4 aromatic rings. The predicted molar refractivity (Wildman–Crippen MR) is 128 cm³/mol. The van der Waals surface area contributed by atoms with Crippen LogP contribution in [0.25, 0.3) is 10.9 Å². The van der Waals surface area contributed by atoms with Gasteiger partial charge in [-0.15, -0.1) is 0 Å². The van der Waals surface area contributed by atoms with Gasteiger partial charge < -0.3 is 10.6 Å². The number of hydrogen-bond donors (Lipinski definition) is 2. The minimum Gasteiger partial charge on any atom is -0.340 e. The molecule has 154 valence electrons. The van der Waals surface area contributed by atoms with E-state index >= 15 is 0 Å². The molecule has 4 rings (SSSR count). The molecule has 0 atom stereocenters. The SMILES string of the molecule is CC=CC(=O)Nc1ccc2ncnc(Nc3ccc(Sc4ccccc4)c(Cl)c3)c2c1. The van der Waals surface area contributed by atoms with E-state index in [1.54, 1.807) is 24.8 Å². The van der Waals surface area contributed by atoms with E-state index in [0.29, 0.717) is 16.5 Å². The average Bonchev–Trinajstić information content (AvgIpc) is 2.77. The van der Waals surface area contributed by atoms with Crippen LogP contribution in [0.15, 0.2) is 95.0 Å². The molecule has 2 N–H and O–H groups in total. The summed E-state index contributed by atoms with van der Waals surface area (Å²) in [5.74, 6) is 0.443. The Balaban J connectivity index is 1.59. The highest BCUT2D eigenvalue weighted by atomic mass is 35.5. The van der Waals surface area contributed by atoms with Gasteiger partial charge in [0.25, 0.3) is 0 Å². The molecular weight excluding hydrogens is 428 g/mol. The van der Waals surface area contributed by atoms with Crippen LogP contribution in [0.4, 0.5) is 17.2 Å². The summed E-state index contributed by atoms with van der Waals surface area (Å²) in [6.07, 6.45) is 4.67. The predicted octanol–water partition coefficient (Wildman–Crippen LogP) is 6.69. The van der Waals surface area contributed by atoms with Gasteiger partial charge in [-0.05, 0) is 61.5 Å². The number of halogens is 1. The Morgan fingerprint density at radius 2 is 1.81 bits per heavy atom. The van der Waals surface area contributed by atoms with Crippen molar-refractivity contribution in [2.24, 2.45) is 0 Å². The molecule has 7 heteroatoms. The quantitative estimate of drug-likeness (QED) is 0.323. The fraction of sp³-hybridized carbons (Fsp3) is 0.0417. The summed E-state index contributed by atoms with van der Waals surface area (Å²) in [6, 6.07) is 21.4.